The Morgan fingerprint density at radius 2 is 1.92 bits per heavy atom. The first-order valence-electron chi connectivity index (χ1n) is 9.89. The standard InChI is InChI=1S/C21H36O5/c1-3-4-9-13-21(2,26)14-12-17-16(18(22)15-19(17)23)10-7-5-6-8-11-20(24)25/h5,7,12,14,16-19,22-23,26H,3-4,6,8-11,13,15H2,1-2H3,(H,24,25)/p-1/b7-5-,14-12+/t16-,17-,18+,19+,21+/m1/s1. The molecule has 1 saturated carbocycles. The quantitative estimate of drug-likeness (QED) is 0.362. The summed E-state index contributed by atoms with van der Waals surface area (Å²) in [6.07, 6.45) is 12.4. The molecule has 0 aliphatic heterocycles. The van der Waals surface area contributed by atoms with Crippen molar-refractivity contribution in [3.63, 3.8) is 0 Å². The maximum absolute atomic E-state index is 10.5. The summed E-state index contributed by atoms with van der Waals surface area (Å²) in [6, 6.07) is 0. The van der Waals surface area contributed by atoms with Crippen LogP contribution in [0.2, 0.25) is 0 Å². The minimum Gasteiger partial charge on any atom is -0.550 e. The number of carboxylic acids is 1. The van der Waals surface area contributed by atoms with Crippen LogP contribution in [0.1, 0.15) is 71.6 Å². The van der Waals surface area contributed by atoms with Crippen LogP contribution in [0.25, 0.3) is 0 Å². The molecule has 0 aromatic carbocycles. The zero-order chi connectivity index (χ0) is 19.6. The van der Waals surface area contributed by atoms with E-state index in [0.717, 1.165) is 19.3 Å². The summed E-state index contributed by atoms with van der Waals surface area (Å²) >= 11 is 0. The van der Waals surface area contributed by atoms with Crippen LogP contribution in [0.3, 0.4) is 0 Å². The number of hydrogen-bond donors (Lipinski definition) is 3. The lowest BCUT2D eigenvalue weighted by molar-refractivity contribution is -0.305. The van der Waals surface area contributed by atoms with E-state index in [9.17, 15) is 25.2 Å². The van der Waals surface area contributed by atoms with Gasteiger partial charge in [-0.05, 0) is 44.9 Å². The van der Waals surface area contributed by atoms with Gasteiger partial charge < -0.3 is 25.2 Å². The van der Waals surface area contributed by atoms with Crippen molar-refractivity contribution in [1.82, 2.24) is 0 Å². The van der Waals surface area contributed by atoms with Crippen LogP contribution in [0, 0.1) is 11.8 Å². The van der Waals surface area contributed by atoms with Gasteiger partial charge in [0, 0.05) is 18.3 Å². The van der Waals surface area contributed by atoms with Crippen molar-refractivity contribution in [2.45, 2.75) is 89.4 Å². The van der Waals surface area contributed by atoms with E-state index in [-0.39, 0.29) is 18.3 Å². The fourth-order valence-electron chi connectivity index (χ4n) is 3.58. The van der Waals surface area contributed by atoms with Crippen molar-refractivity contribution < 1.29 is 25.2 Å². The first-order chi connectivity index (χ1) is 12.3. The second-order valence-corrected chi connectivity index (χ2v) is 7.76. The fraction of sp³-hybridized carbons (Fsp3) is 0.762. The van der Waals surface area contributed by atoms with Crippen molar-refractivity contribution in [3.8, 4) is 0 Å². The first kappa shape index (κ1) is 22.9. The Balaban J connectivity index is 2.56. The van der Waals surface area contributed by atoms with Crippen LogP contribution in [-0.4, -0.2) is 39.1 Å². The number of aliphatic hydroxyl groups is 3. The summed E-state index contributed by atoms with van der Waals surface area (Å²) in [5.41, 5.74) is -0.895. The van der Waals surface area contributed by atoms with Gasteiger partial charge in [0.25, 0.3) is 0 Å². The van der Waals surface area contributed by atoms with Crippen LogP contribution in [0.15, 0.2) is 24.3 Å². The molecule has 26 heavy (non-hydrogen) atoms. The fourth-order valence-corrected chi connectivity index (χ4v) is 3.58. The molecular weight excluding hydrogens is 332 g/mol. The highest BCUT2D eigenvalue weighted by atomic mass is 16.4. The van der Waals surface area contributed by atoms with Crippen LogP contribution >= 0.6 is 0 Å². The molecule has 0 unspecified atom stereocenters. The second kappa shape index (κ2) is 11.5. The number of aliphatic hydroxyl groups excluding tert-OH is 2. The molecule has 0 amide bonds. The average Bonchev–Trinajstić information content (AvgIpc) is 2.82. The monoisotopic (exact) mass is 367 g/mol. The van der Waals surface area contributed by atoms with Crippen molar-refractivity contribution in [3.05, 3.63) is 24.3 Å². The number of hydrogen-bond acceptors (Lipinski definition) is 5. The van der Waals surface area contributed by atoms with Gasteiger partial charge in [-0.3, -0.25) is 0 Å². The molecule has 5 heteroatoms. The van der Waals surface area contributed by atoms with Gasteiger partial charge in [0.1, 0.15) is 0 Å². The Bertz CT molecular complexity index is 469. The van der Waals surface area contributed by atoms with E-state index in [0.29, 0.717) is 32.1 Å². The number of carbonyl (C=O) groups excluding carboxylic acids is 1. The van der Waals surface area contributed by atoms with Crippen LogP contribution in [0.5, 0.6) is 0 Å². The Kier molecular flexibility index (Phi) is 10.1. The van der Waals surface area contributed by atoms with E-state index in [1.807, 2.05) is 18.2 Å². The molecule has 0 aromatic rings. The molecule has 3 N–H and O–H groups in total. The van der Waals surface area contributed by atoms with Crippen LogP contribution in [0.4, 0.5) is 0 Å². The van der Waals surface area contributed by atoms with Gasteiger partial charge in [-0.2, -0.15) is 0 Å². The normalized spacial score (nSPS) is 28.8. The number of carboxylic acid groups (broad SMARTS) is 1. The number of rotatable bonds is 12. The summed E-state index contributed by atoms with van der Waals surface area (Å²) in [7, 11) is 0. The van der Waals surface area contributed by atoms with Gasteiger partial charge in [0.15, 0.2) is 0 Å². The molecule has 1 rings (SSSR count). The number of unbranched alkanes of at least 4 members (excludes halogenated alkanes) is 3. The van der Waals surface area contributed by atoms with Gasteiger partial charge in [0.05, 0.1) is 17.8 Å². The number of allylic oxidation sites excluding steroid dienone is 2. The minimum atomic E-state index is -1.04. The predicted molar refractivity (Wildman–Crippen MR) is 100 cm³/mol. The van der Waals surface area contributed by atoms with Crippen molar-refractivity contribution in [1.29, 1.82) is 0 Å². The zero-order valence-electron chi connectivity index (χ0n) is 16.1. The Morgan fingerprint density at radius 1 is 1.19 bits per heavy atom. The lowest BCUT2D eigenvalue weighted by Gasteiger charge is -2.23. The summed E-state index contributed by atoms with van der Waals surface area (Å²) in [5, 5.41) is 41.3. The third-order valence-corrected chi connectivity index (χ3v) is 5.21. The molecule has 1 fully saturated rings. The first-order valence-corrected chi connectivity index (χ1v) is 9.89. The van der Waals surface area contributed by atoms with E-state index in [4.69, 9.17) is 0 Å². The molecule has 0 bridgehead atoms. The molecular formula is C21H35O5-. The van der Waals surface area contributed by atoms with Crippen molar-refractivity contribution in [2.75, 3.05) is 0 Å². The van der Waals surface area contributed by atoms with E-state index in [2.05, 4.69) is 6.92 Å². The number of aliphatic carboxylic acids is 1. The Labute approximate surface area is 157 Å². The molecule has 0 spiro atoms. The highest BCUT2D eigenvalue weighted by Crippen LogP contribution is 2.37. The second-order valence-electron chi connectivity index (χ2n) is 7.76. The third kappa shape index (κ3) is 8.47. The molecule has 1 aliphatic carbocycles. The third-order valence-electron chi connectivity index (χ3n) is 5.21. The van der Waals surface area contributed by atoms with Gasteiger partial charge in [-0.15, -0.1) is 0 Å². The summed E-state index contributed by atoms with van der Waals surface area (Å²) in [5.74, 6) is -1.32. The van der Waals surface area contributed by atoms with Gasteiger partial charge >= 0.3 is 0 Å². The van der Waals surface area contributed by atoms with E-state index < -0.39 is 23.8 Å². The van der Waals surface area contributed by atoms with E-state index in [1.165, 1.54) is 0 Å². The maximum Gasteiger partial charge on any atom is 0.0799 e. The van der Waals surface area contributed by atoms with Gasteiger partial charge in [-0.25, -0.2) is 0 Å². The predicted octanol–water partition coefficient (Wildman–Crippen LogP) is 2.10. The topological polar surface area (TPSA) is 101 Å². The molecule has 1 aliphatic rings. The van der Waals surface area contributed by atoms with E-state index >= 15 is 0 Å². The Hall–Kier alpha value is -1.17. The summed E-state index contributed by atoms with van der Waals surface area (Å²) in [6.45, 7) is 3.90. The van der Waals surface area contributed by atoms with Gasteiger partial charge in [-0.1, -0.05) is 50.5 Å². The zero-order valence-corrected chi connectivity index (χ0v) is 16.1. The molecule has 0 heterocycles. The highest BCUT2D eigenvalue weighted by Gasteiger charge is 2.39. The average molecular weight is 368 g/mol. The van der Waals surface area contributed by atoms with E-state index in [1.54, 1.807) is 13.0 Å². The summed E-state index contributed by atoms with van der Waals surface area (Å²) in [4.78, 5) is 10.4. The lowest BCUT2D eigenvalue weighted by atomic mass is 9.88. The summed E-state index contributed by atoms with van der Waals surface area (Å²) < 4.78 is 0. The van der Waals surface area contributed by atoms with Crippen LogP contribution < -0.4 is 5.11 Å². The van der Waals surface area contributed by atoms with Crippen molar-refractivity contribution >= 4 is 5.97 Å². The number of carbonyl (C=O) groups is 1. The molecule has 5 atom stereocenters. The maximum atomic E-state index is 10.5. The molecule has 0 aromatic heterocycles. The molecule has 0 radical (unpaired) electrons. The lowest BCUT2D eigenvalue weighted by Crippen LogP contribution is -2.24. The highest BCUT2D eigenvalue weighted by molar-refractivity contribution is 5.64. The molecule has 5 nitrogen and oxygen atoms in total. The SMILES string of the molecule is CCCCC[C@](C)(O)/C=C/[C@@H]1[C@@H](C/C=C\CCCC(=O)[O-])[C@@H](O)C[C@@H]1O. The molecule has 0 saturated heterocycles. The van der Waals surface area contributed by atoms with Crippen LogP contribution in [-0.2, 0) is 4.79 Å². The Morgan fingerprint density at radius 3 is 2.58 bits per heavy atom. The largest absolute Gasteiger partial charge is 0.550 e. The molecule has 150 valence electrons. The smallest absolute Gasteiger partial charge is 0.0799 e. The minimum absolute atomic E-state index is 0.0492. The van der Waals surface area contributed by atoms with Gasteiger partial charge in [0.2, 0.25) is 0 Å². The van der Waals surface area contributed by atoms with Crippen molar-refractivity contribution in [2.24, 2.45) is 11.8 Å².